The number of aliphatic hydroxyl groups excluding tert-OH is 1. The zero-order chi connectivity index (χ0) is 13.1. The minimum atomic E-state index is -0.230. The first-order chi connectivity index (χ1) is 8.63. The summed E-state index contributed by atoms with van der Waals surface area (Å²) in [5.41, 5.74) is 1.53. The van der Waals surface area contributed by atoms with Crippen LogP contribution in [0, 0.1) is 6.92 Å². The van der Waals surface area contributed by atoms with Gasteiger partial charge in [-0.15, -0.1) is 0 Å². The van der Waals surface area contributed by atoms with Gasteiger partial charge in [-0.1, -0.05) is 12.8 Å². The molecule has 0 spiro atoms. The van der Waals surface area contributed by atoms with Gasteiger partial charge in [0.2, 0.25) is 0 Å². The Kier molecular flexibility index (Phi) is 4.01. The van der Waals surface area contributed by atoms with Crippen LogP contribution in [-0.2, 0) is 0 Å². The molecule has 0 aliphatic heterocycles. The minimum Gasteiger partial charge on any atom is -0.394 e. The third-order valence-corrected chi connectivity index (χ3v) is 3.61. The number of nitrogens with zero attached hydrogens (tertiary/aromatic N) is 2. The van der Waals surface area contributed by atoms with Crippen LogP contribution in [0.25, 0.3) is 0 Å². The highest BCUT2D eigenvalue weighted by molar-refractivity contribution is 5.95. The lowest BCUT2D eigenvalue weighted by atomic mass is 10.2. The Morgan fingerprint density at radius 2 is 2.28 bits per heavy atom. The lowest BCUT2D eigenvalue weighted by Gasteiger charge is -2.13. The number of amides is 1. The van der Waals surface area contributed by atoms with Crippen molar-refractivity contribution in [2.75, 3.05) is 6.61 Å². The number of carbonyl (C=O) groups is 1. The van der Waals surface area contributed by atoms with Crippen LogP contribution in [-0.4, -0.2) is 33.4 Å². The molecule has 0 unspecified atom stereocenters. The van der Waals surface area contributed by atoms with Crippen LogP contribution >= 0.6 is 0 Å². The van der Waals surface area contributed by atoms with Gasteiger partial charge in [0.1, 0.15) is 0 Å². The molecule has 1 aromatic heterocycles. The Bertz CT molecular complexity index is 422. The molecule has 1 aliphatic carbocycles. The maximum absolute atomic E-state index is 12.0. The molecule has 1 atom stereocenters. The number of carbonyl (C=O) groups excluding carboxylic acids is 1. The fourth-order valence-electron chi connectivity index (χ4n) is 2.51. The van der Waals surface area contributed by atoms with Crippen LogP contribution in [0.5, 0.6) is 0 Å². The smallest absolute Gasteiger partial charge is 0.255 e. The molecule has 5 nitrogen and oxygen atoms in total. The molecule has 0 aromatic carbocycles. The predicted octanol–water partition coefficient (Wildman–Crippen LogP) is 1.42. The van der Waals surface area contributed by atoms with Gasteiger partial charge in [0.05, 0.1) is 24.4 Å². The van der Waals surface area contributed by atoms with Crippen LogP contribution in [0.3, 0.4) is 0 Å². The minimum absolute atomic E-state index is 0.0540. The summed E-state index contributed by atoms with van der Waals surface area (Å²) in [5, 5.41) is 16.0. The third-order valence-electron chi connectivity index (χ3n) is 3.61. The number of nitrogens with one attached hydrogen (secondary N) is 1. The van der Waals surface area contributed by atoms with Crippen molar-refractivity contribution in [3.8, 4) is 0 Å². The van der Waals surface area contributed by atoms with E-state index in [2.05, 4.69) is 10.4 Å². The predicted molar refractivity (Wildman–Crippen MR) is 68.5 cm³/mol. The standard InChI is InChI=1S/C13H21N3O2/c1-9(8-17)15-13(18)12-7-14-16(10(12)2)11-5-3-4-6-11/h7,9,11,17H,3-6,8H2,1-2H3,(H,15,18)/t9-/m0/s1. The van der Waals surface area contributed by atoms with E-state index in [4.69, 9.17) is 5.11 Å². The van der Waals surface area contributed by atoms with Crippen LogP contribution in [0.15, 0.2) is 6.20 Å². The van der Waals surface area contributed by atoms with E-state index in [1.807, 2.05) is 11.6 Å². The molecule has 5 heteroatoms. The third kappa shape index (κ3) is 2.56. The lowest BCUT2D eigenvalue weighted by Crippen LogP contribution is -2.35. The Hall–Kier alpha value is -1.36. The van der Waals surface area contributed by atoms with Gasteiger partial charge in [0, 0.05) is 11.7 Å². The van der Waals surface area contributed by atoms with Crippen molar-refractivity contribution in [2.45, 2.75) is 51.6 Å². The summed E-state index contributed by atoms with van der Waals surface area (Å²) >= 11 is 0. The summed E-state index contributed by atoms with van der Waals surface area (Å²) in [5.74, 6) is -0.154. The first-order valence-corrected chi connectivity index (χ1v) is 6.59. The first kappa shape index (κ1) is 13.1. The largest absolute Gasteiger partial charge is 0.394 e. The van der Waals surface area contributed by atoms with Crippen molar-refractivity contribution >= 4 is 5.91 Å². The van der Waals surface area contributed by atoms with Crippen LogP contribution in [0.1, 0.15) is 54.7 Å². The highest BCUT2D eigenvalue weighted by Gasteiger charge is 2.22. The van der Waals surface area contributed by atoms with Crippen molar-refractivity contribution in [3.05, 3.63) is 17.5 Å². The fraction of sp³-hybridized carbons (Fsp3) is 0.692. The van der Waals surface area contributed by atoms with Gasteiger partial charge >= 0.3 is 0 Å². The maximum atomic E-state index is 12.0. The van der Waals surface area contributed by atoms with Gasteiger partial charge < -0.3 is 10.4 Å². The van der Waals surface area contributed by atoms with Crippen LogP contribution in [0.4, 0.5) is 0 Å². The molecule has 1 saturated carbocycles. The molecular weight excluding hydrogens is 230 g/mol. The number of hydrogen-bond acceptors (Lipinski definition) is 3. The fourth-order valence-corrected chi connectivity index (χ4v) is 2.51. The van der Waals surface area contributed by atoms with E-state index in [9.17, 15) is 4.79 Å². The van der Waals surface area contributed by atoms with Gasteiger partial charge in [-0.3, -0.25) is 9.48 Å². The number of hydrogen-bond donors (Lipinski definition) is 2. The Labute approximate surface area is 107 Å². The van der Waals surface area contributed by atoms with E-state index in [0.717, 1.165) is 18.5 Å². The monoisotopic (exact) mass is 251 g/mol. The highest BCUT2D eigenvalue weighted by Crippen LogP contribution is 2.30. The zero-order valence-electron chi connectivity index (χ0n) is 11.0. The average Bonchev–Trinajstić information content (AvgIpc) is 2.97. The highest BCUT2D eigenvalue weighted by atomic mass is 16.3. The SMILES string of the molecule is Cc1c(C(=O)N[C@@H](C)CO)cnn1C1CCCC1. The molecule has 1 aromatic rings. The van der Waals surface area contributed by atoms with E-state index in [1.165, 1.54) is 12.8 Å². The Morgan fingerprint density at radius 1 is 1.61 bits per heavy atom. The summed E-state index contributed by atoms with van der Waals surface area (Å²) in [6.45, 7) is 3.65. The summed E-state index contributed by atoms with van der Waals surface area (Å²) in [7, 11) is 0. The summed E-state index contributed by atoms with van der Waals surface area (Å²) in [6.07, 6.45) is 6.42. The van der Waals surface area contributed by atoms with E-state index in [-0.39, 0.29) is 18.6 Å². The number of aliphatic hydroxyl groups is 1. The van der Waals surface area contributed by atoms with E-state index < -0.39 is 0 Å². The van der Waals surface area contributed by atoms with Crippen molar-refractivity contribution in [1.82, 2.24) is 15.1 Å². The Morgan fingerprint density at radius 3 is 2.89 bits per heavy atom. The van der Waals surface area contributed by atoms with Gasteiger partial charge in [0.25, 0.3) is 5.91 Å². The molecule has 1 heterocycles. The van der Waals surface area contributed by atoms with Crippen LogP contribution < -0.4 is 5.32 Å². The van der Waals surface area contributed by atoms with Gasteiger partial charge in [-0.05, 0) is 26.7 Å². The molecule has 0 saturated heterocycles. The second kappa shape index (κ2) is 5.52. The van der Waals surface area contributed by atoms with E-state index in [0.29, 0.717) is 11.6 Å². The van der Waals surface area contributed by atoms with Crippen molar-refractivity contribution < 1.29 is 9.90 Å². The summed E-state index contributed by atoms with van der Waals surface area (Å²) in [4.78, 5) is 12.0. The topological polar surface area (TPSA) is 67.2 Å². The normalized spacial score (nSPS) is 17.9. The van der Waals surface area contributed by atoms with E-state index >= 15 is 0 Å². The van der Waals surface area contributed by atoms with Gasteiger partial charge in [0.15, 0.2) is 0 Å². The molecule has 1 aliphatic rings. The average molecular weight is 251 g/mol. The second-order valence-electron chi connectivity index (χ2n) is 5.08. The van der Waals surface area contributed by atoms with Crippen molar-refractivity contribution in [2.24, 2.45) is 0 Å². The molecule has 0 bridgehead atoms. The first-order valence-electron chi connectivity index (χ1n) is 6.59. The Balaban J connectivity index is 2.12. The molecule has 2 rings (SSSR count). The zero-order valence-corrected chi connectivity index (χ0v) is 11.0. The number of aromatic nitrogens is 2. The van der Waals surface area contributed by atoms with Crippen molar-refractivity contribution in [1.29, 1.82) is 0 Å². The van der Waals surface area contributed by atoms with Gasteiger partial charge in [-0.25, -0.2) is 0 Å². The molecule has 0 radical (unpaired) electrons. The molecule has 2 N–H and O–H groups in total. The second-order valence-corrected chi connectivity index (χ2v) is 5.08. The quantitative estimate of drug-likeness (QED) is 0.850. The number of rotatable bonds is 4. The molecule has 100 valence electrons. The summed E-state index contributed by atoms with van der Waals surface area (Å²) in [6, 6.07) is 0.216. The van der Waals surface area contributed by atoms with Crippen LogP contribution in [0.2, 0.25) is 0 Å². The molecule has 1 amide bonds. The lowest BCUT2D eigenvalue weighted by molar-refractivity contribution is 0.0921. The summed E-state index contributed by atoms with van der Waals surface area (Å²) < 4.78 is 1.98. The van der Waals surface area contributed by atoms with E-state index in [1.54, 1.807) is 13.1 Å². The molecule has 1 fully saturated rings. The molecular formula is C13H21N3O2. The molecule has 18 heavy (non-hydrogen) atoms. The van der Waals surface area contributed by atoms with Crippen molar-refractivity contribution in [3.63, 3.8) is 0 Å². The maximum Gasteiger partial charge on any atom is 0.255 e. The van der Waals surface area contributed by atoms with Gasteiger partial charge in [-0.2, -0.15) is 5.10 Å².